The van der Waals surface area contributed by atoms with Crippen LogP contribution >= 0.6 is 0 Å². The second-order valence-electron chi connectivity index (χ2n) is 7.72. The average Bonchev–Trinajstić information content (AvgIpc) is 2.82. The van der Waals surface area contributed by atoms with Crippen LogP contribution in [0.4, 0.5) is 5.69 Å². The van der Waals surface area contributed by atoms with Crippen LogP contribution in [0.15, 0.2) is 77.7 Å². The van der Waals surface area contributed by atoms with Gasteiger partial charge in [-0.05, 0) is 60.9 Å². The summed E-state index contributed by atoms with van der Waals surface area (Å²) in [7, 11) is -2.65. The molecule has 0 saturated heterocycles. The number of anilines is 1. The number of primary amides is 1. The van der Waals surface area contributed by atoms with Gasteiger partial charge in [0.05, 0.1) is 13.7 Å². The number of ether oxygens (including phenoxy) is 1. The summed E-state index contributed by atoms with van der Waals surface area (Å²) in [5.41, 5.74) is 7.66. The topological polar surface area (TPSA) is 119 Å². The van der Waals surface area contributed by atoms with Crippen molar-refractivity contribution < 1.29 is 22.7 Å². The monoisotopic (exact) mass is 481 g/mol. The van der Waals surface area contributed by atoms with Gasteiger partial charge in [-0.3, -0.25) is 9.59 Å². The number of hydrogen-bond donors (Lipinski definition) is 2. The van der Waals surface area contributed by atoms with E-state index in [0.29, 0.717) is 17.7 Å². The zero-order valence-corrected chi connectivity index (χ0v) is 19.8. The summed E-state index contributed by atoms with van der Waals surface area (Å²) in [6, 6.07) is 20.4. The van der Waals surface area contributed by atoms with E-state index in [1.165, 1.54) is 37.4 Å². The van der Waals surface area contributed by atoms with Crippen LogP contribution in [0.1, 0.15) is 21.5 Å². The second-order valence-corrected chi connectivity index (χ2v) is 9.62. The van der Waals surface area contributed by atoms with Crippen LogP contribution in [0.25, 0.3) is 0 Å². The lowest BCUT2D eigenvalue weighted by Gasteiger charge is -2.23. The van der Waals surface area contributed by atoms with Gasteiger partial charge in [0.2, 0.25) is 21.8 Å². The molecule has 2 amide bonds. The first kappa shape index (κ1) is 24.9. The van der Waals surface area contributed by atoms with Crippen molar-refractivity contribution >= 4 is 27.5 Å². The Balaban J connectivity index is 1.86. The number of rotatable bonds is 10. The summed E-state index contributed by atoms with van der Waals surface area (Å²) in [5, 5.41) is 2.67. The van der Waals surface area contributed by atoms with Crippen molar-refractivity contribution in [1.82, 2.24) is 4.31 Å². The number of methoxy groups -OCH3 is 1. The number of carbonyl (C=O) groups excluding carboxylic acids is 2. The van der Waals surface area contributed by atoms with Crippen molar-refractivity contribution in [1.29, 1.82) is 0 Å². The Bertz CT molecular complexity index is 1260. The van der Waals surface area contributed by atoms with Crippen molar-refractivity contribution in [3.05, 3.63) is 89.5 Å². The molecule has 3 N–H and O–H groups in total. The summed E-state index contributed by atoms with van der Waals surface area (Å²) in [5.74, 6) is -0.893. The Morgan fingerprint density at radius 3 is 2.29 bits per heavy atom. The molecule has 0 atom stereocenters. The molecule has 9 heteroatoms. The zero-order valence-electron chi connectivity index (χ0n) is 19.0. The fraction of sp³-hybridized carbons (Fsp3) is 0.200. The highest BCUT2D eigenvalue weighted by Crippen LogP contribution is 2.28. The Morgan fingerprint density at radius 1 is 1.00 bits per heavy atom. The Labute approximate surface area is 199 Å². The molecule has 0 spiro atoms. The van der Waals surface area contributed by atoms with Crippen molar-refractivity contribution in [2.24, 2.45) is 5.73 Å². The van der Waals surface area contributed by atoms with Gasteiger partial charge in [0, 0.05) is 17.8 Å². The summed E-state index contributed by atoms with van der Waals surface area (Å²) < 4.78 is 33.6. The van der Waals surface area contributed by atoms with Crippen LogP contribution < -0.4 is 15.8 Å². The van der Waals surface area contributed by atoms with Crippen LogP contribution in [0.3, 0.4) is 0 Å². The molecular weight excluding hydrogens is 454 g/mol. The molecule has 34 heavy (non-hydrogen) atoms. The van der Waals surface area contributed by atoms with E-state index in [4.69, 9.17) is 10.5 Å². The predicted molar refractivity (Wildman–Crippen MR) is 130 cm³/mol. The average molecular weight is 482 g/mol. The first-order valence-electron chi connectivity index (χ1n) is 10.6. The minimum atomic E-state index is -4.06. The normalized spacial score (nSPS) is 11.3. The number of sulfonamides is 1. The van der Waals surface area contributed by atoms with E-state index < -0.39 is 28.4 Å². The highest BCUT2D eigenvalue weighted by Gasteiger charge is 2.29. The minimum Gasteiger partial charge on any atom is -0.495 e. The fourth-order valence-corrected chi connectivity index (χ4v) is 5.02. The van der Waals surface area contributed by atoms with Crippen molar-refractivity contribution in [2.45, 2.75) is 18.2 Å². The standard InChI is InChI=1S/C25H27N3O5S/c1-18-8-13-22(33-2)23(16-18)34(31,32)28(15-14-19-6-4-3-5-7-19)17-24(29)27-21-11-9-20(10-12-21)25(26)30/h3-13,16H,14-15,17H2,1-2H3,(H2,26,30)(H,27,29). The maximum Gasteiger partial charge on any atom is 0.248 e. The van der Waals surface area contributed by atoms with Gasteiger partial charge in [0.15, 0.2) is 0 Å². The molecule has 0 aliphatic carbocycles. The molecule has 0 unspecified atom stereocenters. The smallest absolute Gasteiger partial charge is 0.248 e. The molecule has 3 rings (SSSR count). The van der Waals surface area contributed by atoms with Crippen molar-refractivity contribution in [3.8, 4) is 5.75 Å². The van der Waals surface area contributed by atoms with E-state index in [-0.39, 0.29) is 17.2 Å². The van der Waals surface area contributed by atoms with Crippen LogP contribution in [0.2, 0.25) is 0 Å². The van der Waals surface area contributed by atoms with Gasteiger partial charge in [-0.15, -0.1) is 0 Å². The molecule has 0 radical (unpaired) electrons. The molecule has 0 aliphatic heterocycles. The Morgan fingerprint density at radius 2 is 1.68 bits per heavy atom. The van der Waals surface area contributed by atoms with Gasteiger partial charge in [0.1, 0.15) is 10.6 Å². The molecule has 0 saturated carbocycles. The van der Waals surface area contributed by atoms with Crippen LogP contribution in [-0.4, -0.2) is 44.7 Å². The van der Waals surface area contributed by atoms with E-state index in [1.54, 1.807) is 19.1 Å². The lowest BCUT2D eigenvalue weighted by atomic mass is 10.1. The van der Waals surface area contributed by atoms with Gasteiger partial charge >= 0.3 is 0 Å². The zero-order chi connectivity index (χ0) is 24.7. The lowest BCUT2D eigenvalue weighted by molar-refractivity contribution is -0.116. The number of nitrogens with zero attached hydrogens (tertiary/aromatic N) is 1. The third-order valence-electron chi connectivity index (χ3n) is 5.20. The van der Waals surface area contributed by atoms with Gasteiger partial charge in [-0.25, -0.2) is 8.42 Å². The third-order valence-corrected chi connectivity index (χ3v) is 7.07. The molecule has 0 aromatic heterocycles. The first-order chi connectivity index (χ1) is 16.2. The van der Waals surface area contributed by atoms with Crippen molar-refractivity contribution in [2.75, 3.05) is 25.5 Å². The van der Waals surface area contributed by atoms with Gasteiger partial charge in [-0.1, -0.05) is 36.4 Å². The number of amides is 2. The van der Waals surface area contributed by atoms with Crippen LogP contribution in [-0.2, 0) is 21.2 Å². The molecule has 3 aromatic rings. The molecular formula is C25H27N3O5S. The quantitative estimate of drug-likeness (QED) is 0.461. The Kier molecular flexibility index (Phi) is 8.04. The third kappa shape index (κ3) is 6.21. The number of carbonyl (C=O) groups is 2. The number of nitrogens with two attached hydrogens (primary N) is 1. The first-order valence-corrected chi connectivity index (χ1v) is 12.0. The van der Waals surface area contributed by atoms with Crippen LogP contribution in [0, 0.1) is 6.92 Å². The summed E-state index contributed by atoms with van der Waals surface area (Å²) >= 11 is 0. The Hall–Kier alpha value is -3.69. The molecule has 0 heterocycles. The molecule has 0 aliphatic rings. The minimum absolute atomic E-state index is 0.00155. The van der Waals surface area contributed by atoms with Gasteiger partial charge in [-0.2, -0.15) is 4.31 Å². The molecule has 3 aromatic carbocycles. The maximum absolute atomic E-state index is 13.6. The molecule has 0 fully saturated rings. The maximum atomic E-state index is 13.6. The molecule has 178 valence electrons. The number of aryl methyl sites for hydroxylation is 1. The van der Waals surface area contributed by atoms with Crippen molar-refractivity contribution in [3.63, 3.8) is 0 Å². The predicted octanol–water partition coefficient (Wildman–Crippen LogP) is 2.97. The number of nitrogens with one attached hydrogen (secondary N) is 1. The lowest BCUT2D eigenvalue weighted by Crippen LogP contribution is -2.39. The number of hydrogen-bond acceptors (Lipinski definition) is 5. The van der Waals surface area contributed by atoms with Crippen LogP contribution in [0.5, 0.6) is 5.75 Å². The van der Waals surface area contributed by atoms with Gasteiger partial charge in [0.25, 0.3) is 0 Å². The highest BCUT2D eigenvalue weighted by molar-refractivity contribution is 7.89. The van der Waals surface area contributed by atoms with E-state index in [9.17, 15) is 18.0 Å². The van der Waals surface area contributed by atoms with E-state index >= 15 is 0 Å². The molecule has 0 bridgehead atoms. The summed E-state index contributed by atoms with van der Waals surface area (Å²) in [6.07, 6.45) is 0.425. The van der Waals surface area contributed by atoms with E-state index in [1.807, 2.05) is 30.3 Å². The largest absolute Gasteiger partial charge is 0.495 e. The number of benzene rings is 3. The van der Waals surface area contributed by atoms with E-state index in [2.05, 4.69) is 5.32 Å². The SMILES string of the molecule is COc1ccc(C)cc1S(=O)(=O)N(CCc1ccccc1)CC(=O)Nc1ccc(C(N)=O)cc1. The molecule has 8 nitrogen and oxygen atoms in total. The van der Waals surface area contributed by atoms with Gasteiger partial charge < -0.3 is 15.8 Å². The summed E-state index contributed by atoms with van der Waals surface area (Å²) in [6.45, 7) is 1.48. The summed E-state index contributed by atoms with van der Waals surface area (Å²) in [4.78, 5) is 24.1. The second kappa shape index (κ2) is 11.0. The fourth-order valence-electron chi connectivity index (χ4n) is 3.39. The highest BCUT2D eigenvalue weighted by atomic mass is 32.2. The van der Waals surface area contributed by atoms with E-state index in [0.717, 1.165) is 15.4 Å².